The van der Waals surface area contributed by atoms with Crippen LogP contribution in [0.3, 0.4) is 0 Å². The first-order valence-corrected chi connectivity index (χ1v) is 10.9. The van der Waals surface area contributed by atoms with Crippen molar-refractivity contribution in [3.05, 3.63) is 82.7 Å². The van der Waals surface area contributed by atoms with E-state index in [1.165, 1.54) is 24.7 Å². The number of aromatic nitrogens is 2. The number of azo groups is 1. The van der Waals surface area contributed by atoms with E-state index >= 15 is 0 Å². The molecule has 0 saturated heterocycles. The molecule has 1 heterocycles. The average molecular weight is 444 g/mol. The number of anilines is 3. The lowest BCUT2D eigenvalue weighted by Gasteiger charge is -2.13. The number of nitrogens with one attached hydrogen (secondary N) is 2. The number of hydrogen-bond acceptors (Lipinski definition) is 8. The minimum absolute atomic E-state index is 0.132. The van der Waals surface area contributed by atoms with Crippen LogP contribution in [0.1, 0.15) is 32.1 Å². The summed E-state index contributed by atoms with van der Waals surface area (Å²) in [5.74, 6) is 0.343. The molecule has 33 heavy (non-hydrogen) atoms. The minimum atomic E-state index is -0.465. The molecule has 1 aliphatic carbocycles. The van der Waals surface area contributed by atoms with Gasteiger partial charge in [0.05, 0.1) is 16.3 Å². The van der Waals surface area contributed by atoms with Gasteiger partial charge in [0.2, 0.25) is 11.6 Å². The molecule has 0 atom stereocenters. The molecule has 0 saturated carbocycles. The van der Waals surface area contributed by atoms with E-state index in [9.17, 15) is 10.1 Å². The fraction of sp³-hybridized carbons (Fsp3) is 0.250. The Kier molecular flexibility index (Phi) is 7.32. The summed E-state index contributed by atoms with van der Waals surface area (Å²) in [6.45, 7) is 0.588. The van der Waals surface area contributed by atoms with Crippen molar-refractivity contribution in [3.63, 3.8) is 0 Å². The van der Waals surface area contributed by atoms with Crippen LogP contribution in [0.5, 0.6) is 0 Å². The fourth-order valence-electron chi connectivity index (χ4n) is 3.60. The molecule has 4 rings (SSSR count). The molecule has 2 aromatic carbocycles. The van der Waals surface area contributed by atoms with Crippen LogP contribution in [0, 0.1) is 10.1 Å². The summed E-state index contributed by atoms with van der Waals surface area (Å²) in [6.07, 6.45) is 9.10. The molecule has 0 spiro atoms. The molecule has 3 aromatic rings. The number of rotatable bonds is 9. The minimum Gasteiger partial charge on any atom is -0.364 e. The molecule has 0 fully saturated rings. The van der Waals surface area contributed by atoms with Crippen LogP contribution in [0.2, 0.25) is 0 Å². The van der Waals surface area contributed by atoms with Crippen LogP contribution in [0.4, 0.5) is 34.4 Å². The van der Waals surface area contributed by atoms with Gasteiger partial charge in [-0.05, 0) is 68.5 Å². The lowest BCUT2D eigenvalue weighted by Crippen LogP contribution is -2.10. The van der Waals surface area contributed by atoms with Crippen molar-refractivity contribution in [2.75, 3.05) is 17.2 Å². The second-order valence-electron chi connectivity index (χ2n) is 7.67. The molecule has 0 unspecified atom stereocenters. The largest absolute Gasteiger partial charge is 0.364 e. The molecule has 0 radical (unpaired) electrons. The molecule has 1 aromatic heterocycles. The third-order valence-corrected chi connectivity index (χ3v) is 5.30. The summed E-state index contributed by atoms with van der Waals surface area (Å²) in [6, 6.07) is 16.5. The van der Waals surface area contributed by atoms with Crippen molar-refractivity contribution in [2.24, 2.45) is 10.2 Å². The molecule has 0 amide bonds. The van der Waals surface area contributed by atoms with Crippen molar-refractivity contribution < 1.29 is 4.92 Å². The van der Waals surface area contributed by atoms with E-state index in [2.05, 4.69) is 36.9 Å². The Labute approximate surface area is 191 Å². The molecule has 9 nitrogen and oxygen atoms in total. The number of benzene rings is 2. The second kappa shape index (κ2) is 10.9. The molecule has 168 valence electrons. The summed E-state index contributed by atoms with van der Waals surface area (Å²) in [5.41, 5.74) is 3.29. The smallest absolute Gasteiger partial charge is 0.353 e. The van der Waals surface area contributed by atoms with E-state index in [0.717, 1.165) is 24.9 Å². The van der Waals surface area contributed by atoms with E-state index in [0.29, 0.717) is 17.9 Å². The van der Waals surface area contributed by atoms with Gasteiger partial charge >= 0.3 is 5.69 Å². The van der Waals surface area contributed by atoms with Crippen molar-refractivity contribution in [3.8, 4) is 0 Å². The van der Waals surface area contributed by atoms with Crippen molar-refractivity contribution >= 4 is 34.4 Å². The second-order valence-corrected chi connectivity index (χ2v) is 7.67. The first-order chi connectivity index (χ1) is 16.2. The highest BCUT2D eigenvalue weighted by Crippen LogP contribution is 2.32. The van der Waals surface area contributed by atoms with Gasteiger partial charge in [0.1, 0.15) is 6.33 Å². The molecule has 0 bridgehead atoms. The third kappa shape index (κ3) is 6.19. The first kappa shape index (κ1) is 22.1. The average Bonchev–Trinajstić information content (AvgIpc) is 2.85. The number of nitrogens with zero attached hydrogens (tertiary/aromatic N) is 5. The SMILES string of the molecule is O=[N+]([O-])c1c(NCCC2=CCCCC2)ncnc1Nc1ccc(N=Nc2ccccc2)cc1. The van der Waals surface area contributed by atoms with Crippen LogP contribution in [0.15, 0.2) is 82.8 Å². The van der Waals surface area contributed by atoms with Crippen LogP contribution in [-0.2, 0) is 0 Å². The van der Waals surface area contributed by atoms with Crippen LogP contribution >= 0.6 is 0 Å². The summed E-state index contributed by atoms with van der Waals surface area (Å²) in [5, 5.41) is 26.3. The maximum absolute atomic E-state index is 11.8. The number of allylic oxidation sites excluding steroid dienone is 1. The zero-order valence-electron chi connectivity index (χ0n) is 18.1. The molecular formula is C24H25N7O2. The monoisotopic (exact) mass is 443 g/mol. The lowest BCUT2D eigenvalue weighted by atomic mass is 9.97. The third-order valence-electron chi connectivity index (χ3n) is 5.30. The van der Waals surface area contributed by atoms with Gasteiger partial charge in [-0.3, -0.25) is 10.1 Å². The summed E-state index contributed by atoms with van der Waals surface area (Å²) in [7, 11) is 0. The van der Waals surface area contributed by atoms with Gasteiger partial charge in [-0.15, -0.1) is 0 Å². The predicted molar refractivity (Wildman–Crippen MR) is 129 cm³/mol. The molecule has 1 aliphatic rings. The standard InChI is InChI=1S/C24H25N7O2/c32-31(33)22-23(25-16-15-18-7-3-1-4-8-18)26-17-27-24(22)28-19-11-13-21(14-12-19)30-29-20-9-5-2-6-10-20/h2,5-7,9-14,17H,1,3-4,8,15-16H2,(H2,25,26,27,28). The van der Waals surface area contributed by atoms with Gasteiger partial charge in [-0.1, -0.05) is 29.8 Å². The lowest BCUT2D eigenvalue weighted by molar-refractivity contribution is -0.383. The maximum atomic E-state index is 11.8. The Morgan fingerprint density at radius 3 is 2.36 bits per heavy atom. The quantitative estimate of drug-likeness (QED) is 0.162. The zero-order valence-corrected chi connectivity index (χ0v) is 18.1. The Morgan fingerprint density at radius 2 is 1.67 bits per heavy atom. The molecule has 2 N–H and O–H groups in total. The van der Waals surface area contributed by atoms with Gasteiger partial charge in [0.15, 0.2) is 0 Å². The zero-order chi connectivity index (χ0) is 22.9. The van der Waals surface area contributed by atoms with E-state index < -0.39 is 4.92 Å². The highest BCUT2D eigenvalue weighted by molar-refractivity contribution is 5.74. The topological polar surface area (TPSA) is 118 Å². The van der Waals surface area contributed by atoms with Crippen LogP contribution in [-0.4, -0.2) is 21.4 Å². The summed E-state index contributed by atoms with van der Waals surface area (Å²) >= 11 is 0. The van der Waals surface area contributed by atoms with Gasteiger partial charge in [-0.2, -0.15) is 10.2 Å². The molecule has 9 heteroatoms. The molecule has 0 aliphatic heterocycles. The number of hydrogen-bond donors (Lipinski definition) is 2. The normalized spacial score (nSPS) is 13.5. The highest BCUT2D eigenvalue weighted by Gasteiger charge is 2.23. The molecular weight excluding hydrogens is 418 g/mol. The van der Waals surface area contributed by atoms with Gasteiger partial charge < -0.3 is 10.6 Å². The number of nitro groups is 1. The summed E-state index contributed by atoms with van der Waals surface area (Å²) in [4.78, 5) is 19.5. The van der Waals surface area contributed by atoms with Gasteiger partial charge in [0, 0.05) is 12.2 Å². The Bertz CT molecular complexity index is 1150. The maximum Gasteiger partial charge on any atom is 0.353 e. The van der Waals surface area contributed by atoms with E-state index in [1.54, 1.807) is 24.3 Å². The van der Waals surface area contributed by atoms with Gasteiger partial charge in [-0.25, -0.2) is 9.97 Å². The Morgan fingerprint density at radius 1 is 0.939 bits per heavy atom. The predicted octanol–water partition coefficient (Wildman–Crippen LogP) is 6.85. The highest BCUT2D eigenvalue weighted by atomic mass is 16.6. The van der Waals surface area contributed by atoms with E-state index in [-0.39, 0.29) is 17.3 Å². The van der Waals surface area contributed by atoms with Crippen LogP contribution < -0.4 is 10.6 Å². The van der Waals surface area contributed by atoms with Crippen molar-refractivity contribution in [1.29, 1.82) is 0 Å². The van der Waals surface area contributed by atoms with Crippen molar-refractivity contribution in [1.82, 2.24) is 9.97 Å². The van der Waals surface area contributed by atoms with Crippen molar-refractivity contribution in [2.45, 2.75) is 32.1 Å². The fourth-order valence-corrected chi connectivity index (χ4v) is 3.60. The van der Waals surface area contributed by atoms with Gasteiger partial charge in [0.25, 0.3) is 0 Å². The summed E-state index contributed by atoms with van der Waals surface area (Å²) < 4.78 is 0. The first-order valence-electron chi connectivity index (χ1n) is 10.9. The van der Waals surface area contributed by atoms with E-state index in [1.807, 2.05) is 30.3 Å². The van der Waals surface area contributed by atoms with E-state index in [4.69, 9.17) is 0 Å². The Balaban J connectivity index is 1.43. The Hall–Kier alpha value is -4.14. The van der Waals surface area contributed by atoms with Crippen LogP contribution in [0.25, 0.3) is 0 Å².